The number of aliphatic hydroxyl groups is 1. The molecule has 0 bridgehead atoms. The molecule has 0 spiro atoms. The molecule has 1 aromatic carbocycles. The second-order valence-electron chi connectivity index (χ2n) is 4.64. The number of nitro benzene ring substituents is 1. The molecule has 1 unspecified atom stereocenters. The van der Waals surface area contributed by atoms with E-state index in [0.29, 0.717) is 5.39 Å². The van der Waals surface area contributed by atoms with Crippen LogP contribution in [0.2, 0.25) is 0 Å². The highest BCUT2D eigenvalue weighted by Crippen LogP contribution is 2.35. The van der Waals surface area contributed by atoms with Crippen LogP contribution in [0.25, 0.3) is 10.9 Å². The maximum atomic E-state index is 13.8. The Morgan fingerprint density at radius 3 is 2.73 bits per heavy atom. The molecular formula is C15H10FN3O3. The van der Waals surface area contributed by atoms with Gasteiger partial charge in [-0.15, -0.1) is 0 Å². The maximum Gasteiger partial charge on any atom is 0.301 e. The lowest BCUT2D eigenvalue weighted by Crippen LogP contribution is -2.07. The Labute approximate surface area is 124 Å². The number of rotatable bonds is 3. The van der Waals surface area contributed by atoms with Crippen LogP contribution in [0, 0.1) is 15.9 Å². The molecule has 1 N–H and O–H groups in total. The molecule has 3 rings (SSSR count). The first-order chi connectivity index (χ1) is 10.6. The molecule has 22 heavy (non-hydrogen) atoms. The predicted octanol–water partition coefficient (Wildman–Crippen LogP) is 2.76. The van der Waals surface area contributed by atoms with Crippen molar-refractivity contribution in [2.24, 2.45) is 0 Å². The number of fused-ring (bicyclic) bond motifs is 1. The minimum atomic E-state index is -1.48. The van der Waals surface area contributed by atoms with Crippen LogP contribution in [0.15, 0.2) is 48.9 Å². The third-order valence-electron chi connectivity index (χ3n) is 3.35. The number of hydrogen-bond acceptors (Lipinski definition) is 5. The van der Waals surface area contributed by atoms with Gasteiger partial charge in [0, 0.05) is 23.3 Å². The maximum absolute atomic E-state index is 13.8. The van der Waals surface area contributed by atoms with Gasteiger partial charge in [0.2, 0.25) is 0 Å². The largest absolute Gasteiger partial charge is 0.383 e. The van der Waals surface area contributed by atoms with Gasteiger partial charge in [-0.2, -0.15) is 0 Å². The summed E-state index contributed by atoms with van der Waals surface area (Å²) in [5.74, 6) is -0.731. The van der Waals surface area contributed by atoms with Crippen LogP contribution in [-0.2, 0) is 0 Å². The molecular weight excluding hydrogens is 289 g/mol. The molecule has 0 aliphatic carbocycles. The highest BCUT2D eigenvalue weighted by atomic mass is 19.1. The Morgan fingerprint density at radius 1 is 1.18 bits per heavy atom. The van der Waals surface area contributed by atoms with Crippen molar-refractivity contribution in [1.82, 2.24) is 9.97 Å². The summed E-state index contributed by atoms with van der Waals surface area (Å²) in [6, 6.07) is 7.63. The Morgan fingerprint density at radius 2 is 2.00 bits per heavy atom. The van der Waals surface area contributed by atoms with Gasteiger partial charge in [-0.25, -0.2) is 9.37 Å². The fraction of sp³-hybridized carbons (Fsp3) is 0.0667. The van der Waals surface area contributed by atoms with Gasteiger partial charge in [-0.3, -0.25) is 15.1 Å². The first-order valence-corrected chi connectivity index (χ1v) is 6.39. The van der Waals surface area contributed by atoms with Crippen molar-refractivity contribution in [3.05, 3.63) is 76.0 Å². The van der Waals surface area contributed by atoms with Gasteiger partial charge in [-0.05, 0) is 18.2 Å². The molecule has 0 amide bonds. The topological polar surface area (TPSA) is 89.2 Å². The lowest BCUT2D eigenvalue weighted by Gasteiger charge is -2.13. The Bertz CT molecular complexity index is 870. The number of aromatic nitrogens is 2. The lowest BCUT2D eigenvalue weighted by atomic mass is 9.98. The van der Waals surface area contributed by atoms with Crippen molar-refractivity contribution >= 4 is 16.6 Å². The monoisotopic (exact) mass is 299 g/mol. The van der Waals surface area contributed by atoms with Crippen LogP contribution >= 0.6 is 0 Å². The highest BCUT2D eigenvalue weighted by molar-refractivity contribution is 5.88. The first-order valence-electron chi connectivity index (χ1n) is 6.39. The van der Waals surface area contributed by atoms with E-state index in [1.807, 2.05) is 0 Å². The Kier molecular flexibility index (Phi) is 3.48. The number of hydrogen-bond donors (Lipinski definition) is 1. The minimum absolute atomic E-state index is 0.0127. The third-order valence-corrected chi connectivity index (χ3v) is 3.35. The van der Waals surface area contributed by atoms with Gasteiger partial charge in [0.15, 0.2) is 0 Å². The molecule has 0 radical (unpaired) electrons. The van der Waals surface area contributed by atoms with Crippen LogP contribution in [0.3, 0.4) is 0 Å². The van der Waals surface area contributed by atoms with Crippen molar-refractivity contribution in [2.75, 3.05) is 0 Å². The van der Waals surface area contributed by atoms with Crippen LogP contribution in [-0.4, -0.2) is 20.0 Å². The second kappa shape index (κ2) is 5.45. The molecule has 0 aliphatic rings. The summed E-state index contributed by atoms with van der Waals surface area (Å²) in [7, 11) is 0. The normalized spacial score (nSPS) is 12.3. The molecule has 0 aliphatic heterocycles. The SMILES string of the molecule is O=[N+]([O-])c1c(C(O)c2ccncc2F)ccc2cccnc12. The molecule has 0 saturated heterocycles. The zero-order valence-electron chi connectivity index (χ0n) is 11.2. The number of aliphatic hydroxyl groups excluding tert-OH is 1. The number of pyridine rings is 2. The van der Waals surface area contributed by atoms with E-state index in [1.165, 1.54) is 24.5 Å². The standard InChI is InChI=1S/C15H10FN3O3/c16-12-8-17-7-5-10(12)15(20)11-4-3-9-2-1-6-18-13(9)14(11)19(21)22/h1-8,15,20H. The van der Waals surface area contributed by atoms with Crippen LogP contribution in [0.4, 0.5) is 10.1 Å². The summed E-state index contributed by atoms with van der Waals surface area (Å²) in [6.45, 7) is 0. The van der Waals surface area contributed by atoms with Gasteiger partial charge in [-0.1, -0.05) is 12.1 Å². The molecule has 2 heterocycles. The fourth-order valence-corrected chi connectivity index (χ4v) is 2.33. The van der Waals surface area contributed by atoms with E-state index in [4.69, 9.17) is 0 Å². The van der Waals surface area contributed by atoms with Crippen LogP contribution in [0.1, 0.15) is 17.2 Å². The summed E-state index contributed by atoms with van der Waals surface area (Å²) in [4.78, 5) is 18.4. The molecule has 110 valence electrons. The van der Waals surface area contributed by atoms with Gasteiger partial charge < -0.3 is 5.11 Å². The molecule has 0 saturated carbocycles. The third kappa shape index (κ3) is 2.27. The molecule has 0 fully saturated rings. The molecule has 2 aromatic heterocycles. The predicted molar refractivity (Wildman–Crippen MR) is 76.7 cm³/mol. The summed E-state index contributed by atoms with van der Waals surface area (Å²) < 4.78 is 13.8. The van der Waals surface area contributed by atoms with Crippen LogP contribution in [0.5, 0.6) is 0 Å². The van der Waals surface area contributed by atoms with Crippen molar-refractivity contribution in [3.63, 3.8) is 0 Å². The smallest absolute Gasteiger partial charge is 0.301 e. The number of benzene rings is 1. The van der Waals surface area contributed by atoms with Crippen molar-refractivity contribution in [3.8, 4) is 0 Å². The van der Waals surface area contributed by atoms with E-state index < -0.39 is 16.8 Å². The van der Waals surface area contributed by atoms with E-state index in [0.717, 1.165) is 6.20 Å². The molecule has 1 atom stereocenters. The molecule has 3 aromatic rings. The van der Waals surface area contributed by atoms with Gasteiger partial charge in [0.25, 0.3) is 0 Å². The summed E-state index contributed by atoms with van der Waals surface area (Å²) >= 11 is 0. The summed E-state index contributed by atoms with van der Waals surface area (Å²) in [5, 5.41) is 22.3. The Balaban J connectivity index is 2.25. The average Bonchev–Trinajstić information content (AvgIpc) is 2.53. The van der Waals surface area contributed by atoms with E-state index >= 15 is 0 Å². The fourth-order valence-electron chi connectivity index (χ4n) is 2.33. The van der Waals surface area contributed by atoms with Crippen molar-refractivity contribution in [2.45, 2.75) is 6.10 Å². The first kappa shape index (κ1) is 14.0. The van der Waals surface area contributed by atoms with Crippen molar-refractivity contribution in [1.29, 1.82) is 0 Å². The van der Waals surface area contributed by atoms with E-state index in [2.05, 4.69) is 9.97 Å². The Hall–Kier alpha value is -2.93. The second-order valence-corrected chi connectivity index (χ2v) is 4.64. The lowest BCUT2D eigenvalue weighted by molar-refractivity contribution is -0.384. The van der Waals surface area contributed by atoms with Crippen LogP contribution < -0.4 is 0 Å². The average molecular weight is 299 g/mol. The summed E-state index contributed by atoms with van der Waals surface area (Å²) in [5.41, 5.74) is -0.269. The molecule has 6 nitrogen and oxygen atoms in total. The number of halogens is 1. The number of nitro groups is 1. The van der Waals surface area contributed by atoms with Crippen molar-refractivity contribution < 1.29 is 14.4 Å². The van der Waals surface area contributed by atoms with Gasteiger partial charge in [0.1, 0.15) is 17.4 Å². The van der Waals surface area contributed by atoms with Gasteiger partial charge in [0.05, 0.1) is 16.7 Å². The highest BCUT2D eigenvalue weighted by Gasteiger charge is 2.27. The minimum Gasteiger partial charge on any atom is -0.383 e. The number of nitrogens with zero attached hydrogens (tertiary/aromatic N) is 3. The van der Waals surface area contributed by atoms with E-state index in [9.17, 15) is 19.6 Å². The van der Waals surface area contributed by atoms with Gasteiger partial charge >= 0.3 is 5.69 Å². The quantitative estimate of drug-likeness (QED) is 0.593. The van der Waals surface area contributed by atoms with E-state index in [1.54, 1.807) is 18.2 Å². The summed E-state index contributed by atoms with van der Waals surface area (Å²) in [6.07, 6.45) is 2.21. The zero-order chi connectivity index (χ0) is 15.7. The molecule has 7 heteroatoms. The van der Waals surface area contributed by atoms with E-state index in [-0.39, 0.29) is 22.3 Å². The zero-order valence-corrected chi connectivity index (χ0v) is 11.2.